The number of methoxy groups -OCH3 is 2. The normalized spacial score (nSPS) is 21.4. The van der Waals surface area contributed by atoms with Crippen molar-refractivity contribution in [3.05, 3.63) is 86.9 Å². The second-order valence-electron chi connectivity index (χ2n) is 15.2. The molecule has 10 nitrogen and oxygen atoms in total. The third-order valence-electron chi connectivity index (χ3n) is 11.7. The lowest BCUT2D eigenvalue weighted by Crippen LogP contribution is -2.24. The zero-order valence-electron chi connectivity index (χ0n) is 30.5. The second-order valence-corrected chi connectivity index (χ2v) is 16.0. The monoisotopic (exact) mass is 770 g/mol. The molecular formula is C42H44Cl2N4O6. The summed E-state index contributed by atoms with van der Waals surface area (Å²) in [6.07, 6.45) is 5.45. The van der Waals surface area contributed by atoms with E-state index in [1.165, 1.54) is 0 Å². The number of nitrogens with zero attached hydrogens (tertiary/aromatic N) is 3. The molecule has 4 aliphatic rings. The van der Waals surface area contributed by atoms with E-state index in [4.69, 9.17) is 47.4 Å². The highest BCUT2D eigenvalue weighted by molar-refractivity contribution is 6.36. The Labute approximate surface area is 325 Å². The minimum atomic E-state index is -0.723. The molecule has 2 aromatic carbocycles. The number of fused-ring (bicyclic) bond motifs is 1. The van der Waals surface area contributed by atoms with E-state index >= 15 is 0 Å². The van der Waals surface area contributed by atoms with Crippen LogP contribution in [0.4, 0.5) is 0 Å². The van der Waals surface area contributed by atoms with E-state index in [1.807, 2.05) is 42.5 Å². The first kappa shape index (κ1) is 36.7. The molecule has 0 radical (unpaired) electrons. The number of carboxylic acids is 1. The van der Waals surface area contributed by atoms with Gasteiger partial charge in [-0.25, -0.2) is 4.98 Å². The first-order chi connectivity index (χ1) is 26.2. The van der Waals surface area contributed by atoms with E-state index in [9.17, 15) is 14.7 Å². The summed E-state index contributed by atoms with van der Waals surface area (Å²) in [5.74, 6) is 0.931. The highest BCUT2D eigenvalue weighted by atomic mass is 35.5. The van der Waals surface area contributed by atoms with Crippen LogP contribution in [0.5, 0.6) is 17.6 Å². The Morgan fingerprint density at radius 1 is 0.944 bits per heavy atom. The van der Waals surface area contributed by atoms with Gasteiger partial charge in [-0.3, -0.25) is 14.5 Å². The molecule has 8 rings (SSSR count). The van der Waals surface area contributed by atoms with Gasteiger partial charge >= 0.3 is 5.97 Å². The standard InChI is InChI=1S/C42H44Cl2N4O6/c1-52-38-25(20-45-19-24-9-11-27(49)17-24)10-13-35(46-38)32-8-4-7-31(37(32)44)28-5-3-6-30-29(28)12-14-36(30)54-40-34(43)18-26(39(47-40)53-2)21-48-22-33(41(50)51)42(23-48)15-16-42/h3-8,10,13,18,24,33,36,45H,9,11-12,14-17,19-23H2,1-2H3,(H,50,51)/t24-,33?,36+/m1/s1. The number of rotatable bonds is 13. The fourth-order valence-electron chi connectivity index (χ4n) is 8.78. The zero-order chi connectivity index (χ0) is 37.6. The number of aliphatic carboxylic acids is 1. The molecular weight excluding hydrogens is 727 g/mol. The minimum Gasteiger partial charge on any atom is -0.481 e. The van der Waals surface area contributed by atoms with Crippen molar-refractivity contribution >= 4 is 35.0 Å². The molecule has 3 heterocycles. The first-order valence-corrected chi connectivity index (χ1v) is 19.4. The second kappa shape index (κ2) is 15.1. The number of aromatic nitrogens is 2. The predicted octanol–water partition coefficient (Wildman–Crippen LogP) is 7.96. The number of carboxylic acid groups (broad SMARTS) is 1. The number of pyridine rings is 2. The maximum Gasteiger partial charge on any atom is 0.308 e. The number of nitrogens with one attached hydrogen (secondary N) is 1. The molecule has 1 unspecified atom stereocenters. The number of benzene rings is 2. The van der Waals surface area contributed by atoms with Crippen molar-refractivity contribution in [1.29, 1.82) is 0 Å². The zero-order valence-corrected chi connectivity index (χ0v) is 32.0. The number of likely N-dealkylation sites (tertiary alicyclic amines) is 1. The number of hydrogen-bond donors (Lipinski definition) is 2. The van der Waals surface area contributed by atoms with E-state index in [0.717, 1.165) is 84.1 Å². The molecule has 1 spiro atoms. The van der Waals surface area contributed by atoms with Crippen molar-refractivity contribution < 1.29 is 28.9 Å². The maximum atomic E-state index is 11.9. The van der Waals surface area contributed by atoms with E-state index < -0.39 is 5.97 Å². The summed E-state index contributed by atoms with van der Waals surface area (Å²) < 4.78 is 17.9. The van der Waals surface area contributed by atoms with Crippen LogP contribution in [0.1, 0.15) is 66.9 Å². The first-order valence-electron chi connectivity index (χ1n) is 18.7. The van der Waals surface area contributed by atoms with E-state index in [1.54, 1.807) is 14.2 Å². The van der Waals surface area contributed by atoms with Crippen molar-refractivity contribution in [2.45, 2.75) is 64.1 Å². The van der Waals surface area contributed by atoms with Crippen molar-refractivity contribution in [2.24, 2.45) is 17.3 Å². The number of ketones is 1. The molecule has 54 heavy (non-hydrogen) atoms. The van der Waals surface area contributed by atoms with Gasteiger partial charge in [-0.05, 0) is 78.8 Å². The Kier molecular flexibility index (Phi) is 10.3. The van der Waals surface area contributed by atoms with Crippen LogP contribution in [-0.2, 0) is 29.1 Å². The van der Waals surface area contributed by atoms with Crippen LogP contribution in [-0.4, -0.2) is 65.6 Å². The molecule has 12 heteroatoms. The van der Waals surface area contributed by atoms with Crippen LogP contribution >= 0.6 is 23.2 Å². The molecule has 4 aromatic rings. The Morgan fingerprint density at radius 3 is 2.43 bits per heavy atom. The van der Waals surface area contributed by atoms with Crippen molar-refractivity contribution in [3.8, 4) is 40.0 Å². The average Bonchev–Trinajstić information content (AvgIpc) is 3.43. The molecule has 3 atom stereocenters. The third-order valence-corrected chi connectivity index (χ3v) is 12.4. The number of carbonyl (C=O) groups excluding carboxylic acids is 1. The molecule has 2 saturated carbocycles. The Morgan fingerprint density at radius 2 is 1.70 bits per heavy atom. The number of halogens is 2. The van der Waals surface area contributed by atoms with Crippen LogP contribution in [0.15, 0.2) is 54.6 Å². The molecule has 1 aliphatic heterocycles. The van der Waals surface area contributed by atoms with Gasteiger partial charge < -0.3 is 24.6 Å². The van der Waals surface area contributed by atoms with Crippen molar-refractivity contribution in [2.75, 3.05) is 33.9 Å². The van der Waals surface area contributed by atoms with Gasteiger partial charge in [0.05, 0.1) is 30.9 Å². The molecule has 3 aliphatic carbocycles. The van der Waals surface area contributed by atoms with Gasteiger partial charge in [-0.2, -0.15) is 4.98 Å². The number of carbonyl (C=O) groups is 2. The van der Waals surface area contributed by atoms with Crippen LogP contribution in [0.3, 0.4) is 0 Å². The average molecular weight is 772 g/mol. The lowest BCUT2D eigenvalue weighted by atomic mass is 9.93. The summed E-state index contributed by atoms with van der Waals surface area (Å²) in [4.78, 5) is 35.3. The molecule has 3 fully saturated rings. The summed E-state index contributed by atoms with van der Waals surface area (Å²) in [7, 11) is 3.20. The molecule has 2 aromatic heterocycles. The highest BCUT2D eigenvalue weighted by Gasteiger charge is 2.57. The van der Waals surface area contributed by atoms with E-state index in [2.05, 4.69) is 22.3 Å². The van der Waals surface area contributed by atoms with Gasteiger partial charge in [0.2, 0.25) is 17.6 Å². The summed E-state index contributed by atoms with van der Waals surface area (Å²) in [5, 5.41) is 14.2. The quantitative estimate of drug-likeness (QED) is 0.139. The van der Waals surface area contributed by atoms with Crippen LogP contribution in [0.2, 0.25) is 10.0 Å². The molecule has 0 amide bonds. The Hall–Kier alpha value is -4.22. The summed E-state index contributed by atoms with van der Waals surface area (Å²) in [6, 6.07) is 18.0. The van der Waals surface area contributed by atoms with Gasteiger partial charge in [0.15, 0.2) is 0 Å². The van der Waals surface area contributed by atoms with Gasteiger partial charge in [0, 0.05) is 61.3 Å². The van der Waals surface area contributed by atoms with E-state index in [-0.39, 0.29) is 17.4 Å². The fraction of sp³-hybridized carbons (Fsp3) is 0.429. The summed E-state index contributed by atoms with van der Waals surface area (Å²) in [5.41, 5.74) is 7.33. The summed E-state index contributed by atoms with van der Waals surface area (Å²) in [6.45, 7) is 3.14. The SMILES string of the molecule is COc1nc(-c2cccc(-c3cccc4c3CC[C@@H]4Oc3nc(OC)c(CN4CC(C(=O)O)C5(CC5)C4)cc3Cl)c2Cl)ccc1CNC[C@@H]1CCC(=O)C1. The topological polar surface area (TPSA) is 123 Å². The lowest BCUT2D eigenvalue weighted by molar-refractivity contribution is -0.143. The van der Waals surface area contributed by atoms with Crippen LogP contribution in [0.25, 0.3) is 22.4 Å². The summed E-state index contributed by atoms with van der Waals surface area (Å²) >= 11 is 14.0. The van der Waals surface area contributed by atoms with Gasteiger partial charge in [-0.15, -0.1) is 0 Å². The minimum absolute atomic E-state index is 0.104. The number of hydrogen-bond acceptors (Lipinski definition) is 9. The van der Waals surface area contributed by atoms with Crippen molar-refractivity contribution in [1.82, 2.24) is 20.2 Å². The number of Topliss-reactive ketones (excluding diaryl/α,β-unsaturated/α-hetero) is 1. The van der Waals surface area contributed by atoms with Gasteiger partial charge in [0.1, 0.15) is 16.9 Å². The van der Waals surface area contributed by atoms with Crippen LogP contribution < -0.4 is 19.5 Å². The number of ether oxygens (including phenoxy) is 3. The maximum absolute atomic E-state index is 11.9. The smallest absolute Gasteiger partial charge is 0.308 e. The van der Waals surface area contributed by atoms with Gasteiger partial charge in [0.25, 0.3) is 0 Å². The third kappa shape index (κ3) is 7.17. The molecule has 282 valence electrons. The van der Waals surface area contributed by atoms with Crippen molar-refractivity contribution in [3.63, 3.8) is 0 Å². The molecule has 2 N–H and O–H groups in total. The highest BCUT2D eigenvalue weighted by Crippen LogP contribution is 2.56. The Balaban J connectivity index is 0.989. The molecule has 0 bridgehead atoms. The van der Waals surface area contributed by atoms with Gasteiger partial charge in [-0.1, -0.05) is 65.7 Å². The fourth-order valence-corrected chi connectivity index (χ4v) is 9.32. The molecule has 1 saturated heterocycles. The van der Waals surface area contributed by atoms with Crippen LogP contribution in [0, 0.1) is 17.3 Å². The largest absolute Gasteiger partial charge is 0.481 e. The lowest BCUT2D eigenvalue weighted by Gasteiger charge is -2.20. The Bertz CT molecular complexity index is 2110. The predicted molar refractivity (Wildman–Crippen MR) is 206 cm³/mol. The van der Waals surface area contributed by atoms with E-state index in [0.29, 0.717) is 77.6 Å².